The van der Waals surface area contributed by atoms with E-state index >= 15 is 0 Å². The fraction of sp³-hybridized carbons (Fsp3) is 0.750. The Morgan fingerprint density at radius 2 is 1.66 bits per heavy atom. The summed E-state index contributed by atoms with van der Waals surface area (Å²) in [5.74, 6) is -0.701. The van der Waals surface area contributed by atoms with E-state index in [9.17, 15) is 9.59 Å². The van der Waals surface area contributed by atoms with E-state index in [1.54, 1.807) is 6.92 Å². The molecule has 0 amide bonds. The van der Waals surface area contributed by atoms with E-state index in [1.165, 1.54) is 12.7 Å². The molecule has 0 aromatic carbocycles. The van der Waals surface area contributed by atoms with Crippen LogP contribution in [0.4, 0.5) is 0 Å². The predicted octanol–water partition coefficient (Wildman–Crippen LogP) is 5.05. The van der Waals surface area contributed by atoms with Crippen molar-refractivity contribution in [1.29, 1.82) is 0 Å². The van der Waals surface area contributed by atoms with Gasteiger partial charge in [-0.05, 0) is 62.7 Å². The Labute approximate surface area is 173 Å². The normalized spacial score (nSPS) is 45.0. The molecule has 2 aliphatic carbocycles. The average Bonchev–Trinajstić information content (AvgIpc) is 3.03. The summed E-state index contributed by atoms with van der Waals surface area (Å²) < 4.78 is 17.1. The second-order valence-corrected chi connectivity index (χ2v) is 10.9. The minimum absolute atomic E-state index is 0.0386. The summed E-state index contributed by atoms with van der Waals surface area (Å²) in [5, 5.41) is 0. The molecule has 2 aliphatic heterocycles. The van der Waals surface area contributed by atoms with E-state index in [2.05, 4.69) is 34.6 Å². The van der Waals surface area contributed by atoms with Gasteiger partial charge >= 0.3 is 11.9 Å². The highest BCUT2D eigenvalue weighted by molar-refractivity contribution is 5.92. The number of esters is 2. The molecule has 1 unspecified atom stereocenters. The molecule has 0 aromatic heterocycles. The van der Waals surface area contributed by atoms with E-state index in [0.717, 1.165) is 31.3 Å². The van der Waals surface area contributed by atoms with Crippen molar-refractivity contribution in [3.63, 3.8) is 0 Å². The number of cyclic esters (lactones) is 1. The predicted molar refractivity (Wildman–Crippen MR) is 108 cm³/mol. The van der Waals surface area contributed by atoms with Crippen molar-refractivity contribution in [2.24, 2.45) is 22.2 Å². The molecule has 0 bridgehead atoms. The zero-order valence-electron chi connectivity index (χ0n) is 18.8. The van der Waals surface area contributed by atoms with E-state index in [-0.39, 0.29) is 34.1 Å². The number of hydrogen-bond donors (Lipinski definition) is 0. The number of fused-ring (bicyclic) bond motifs is 3. The molecule has 5 heteroatoms. The standard InChI is InChI=1S/C24H34O5/c1-14-15(2)20(28-18(14)25)27-13-16-17-22(5)10-8-9-21(3,4)24(22,7)12-11-23(17,6)29-19(16)26/h13,17,20H,8-12H2,1-7H3/b16-13+/t17-,20?,22-,23-,24+/m1/s1. The first-order chi connectivity index (χ1) is 13.4. The number of carbonyl (C=O) groups is 2. The summed E-state index contributed by atoms with van der Waals surface area (Å²) in [7, 11) is 0. The topological polar surface area (TPSA) is 61.8 Å². The summed E-state index contributed by atoms with van der Waals surface area (Å²) in [6.45, 7) is 15.1. The van der Waals surface area contributed by atoms with Crippen LogP contribution in [0.1, 0.15) is 80.6 Å². The molecule has 160 valence electrons. The Morgan fingerprint density at radius 3 is 2.28 bits per heavy atom. The van der Waals surface area contributed by atoms with Crippen LogP contribution in [-0.2, 0) is 23.8 Å². The van der Waals surface area contributed by atoms with E-state index in [1.807, 2.05) is 6.92 Å². The average molecular weight is 403 g/mol. The van der Waals surface area contributed by atoms with E-state index in [4.69, 9.17) is 14.2 Å². The zero-order chi connectivity index (χ0) is 21.4. The van der Waals surface area contributed by atoms with Gasteiger partial charge in [-0.1, -0.05) is 34.1 Å². The van der Waals surface area contributed by atoms with Gasteiger partial charge in [-0.2, -0.15) is 0 Å². The zero-order valence-corrected chi connectivity index (χ0v) is 18.8. The number of carbonyl (C=O) groups excluding carboxylic acids is 2. The molecule has 5 nitrogen and oxygen atoms in total. The summed E-state index contributed by atoms with van der Waals surface area (Å²) in [4.78, 5) is 24.8. The van der Waals surface area contributed by atoms with Crippen molar-refractivity contribution >= 4 is 11.9 Å². The Morgan fingerprint density at radius 1 is 0.966 bits per heavy atom. The molecule has 0 radical (unpaired) electrons. The lowest BCUT2D eigenvalue weighted by molar-refractivity contribution is -0.198. The molecule has 5 atom stereocenters. The Balaban J connectivity index is 1.73. The first kappa shape index (κ1) is 20.5. The smallest absolute Gasteiger partial charge is 0.338 e. The maximum Gasteiger partial charge on any atom is 0.338 e. The van der Waals surface area contributed by atoms with Crippen LogP contribution in [0.5, 0.6) is 0 Å². The van der Waals surface area contributed by atoms with Crippen molar-refractivity contribution < 1.29 is 23.8 Å². The maximum absolute atomic E-state index is 13.0. The molecule has 0 N–H and O–H groups in total. The highest BCUT2D eigenvalue weighted by Crippen LogP contribution is 2.72. The minimum atomic E-state index is -0.764. The van der Waals surface area contributed by atoms with Gasteiger partial charge in [0.15, 0.2) is 0 Å². The summed E-state index contributed by atoms with van der Waals surface area (Å²) in [5.41, 5.74) is 1.61. The third kappa shape index (κ3) is 2.58. The lowest BCUT2D eigenvalue weighted by Crippen LogP contribution is -2.62. The van der Waals surface area contributed by atoms with Gasteiger partial charge < -0.3 is 14.2 Å². The van der Waals surface area contributed by atoms with Crippen LogP contribution in [-0.4, -0.2) is 23.8 Å². The fourth-order valence-electron chi connectivity index (χ4n) is 6.79. The van der Waals surface area contributed by atoms with Crippen LogP contribution >= 0.6 is 0 Å². The second-order valence-electron chi connectivity index (χ2n) is 10.9. The first-order valence-corrected chi connectivity index (χ1v) is 10.8. The van der Waals surface area contributed by atoms with Crippen molar-refractivity contribution in [3.8, 4) is 0 Å². The van der Waals surface area contributed by atoms with Crippen molar-refractivity contribution in [3.05, 3.63) is 23.0 Å². The quantitative estimate of drug-likeness (QED) is 0.367. The van der Waals surface area contributed by atoms with Gasteiger partial charge in [-0.15, -0.1) is 0 Å². The van der Waals surface area contributed by atoms with Crippen LogP contribution in [0.3, 0.4) is 0 Å². The van der Waals surface area contributed by atoms with Gasteiger partial charge in [-0.25, -0.2) is 9.59 Å². The van der Waals surface area contributed by atoms with Gasteiger partial charge in [0.25, 0.3) is 6.29 Å². The van der Waals surface area contributed by atoms with Crippen LogP contribution in [0.2, 0.25) is 0 Å². The third-order valence-electron chi connectivity index (χ3n) is 9.28. The van der Waals surface area contributed by atoms with Gasteiger partial charge in [-0.3, -0.25) is 0 Å². The molecular weight excluding hydrogens is 368 g/mol. The highest BCUT2D eigenvalue weighted by Gasteiger charge is 2.69. The van der Waals surface area contributed by atoms with Crippen molar-refractivity contribution in [1.82, 2.24) is 0 Å². The van der Waals surface area contributed by atoms with E-state index < -0.39 is 11.9 Å². The lowest BCUT2D eigenvalue weighted by Gasteiger charge is -2.66. The van der Waals surface area contributed by atoms with Crippen LogP contribution in [0, 0.1) is 22.2 Å². The second kappa shape index (κ2) is 6.12. The van der Waals surface area contributed by atoms with Crippen LogP contribution in [0.15, 0.2) is 23.0 Å². The Kier molecular flexibility index (Phi) is 4.32. The minimum Gasteiger partial charge on any atom is -0.458 e. The molecular formula is C24H34O5. The van der Waals surface area contributed by atoms with E-state index in [0.29, 0.717) is 11.1 Å². The summed E-state index contributed by atoms with van der Waals surface area (Å²) in [6.07, 6.45) is 6.08. The SMILES string of the molecule is CC1=C(C)C(O/C=C2/C(=O)O[C@]3(C)CC[C@@]4(C)C(C)(C)CCC[C@]4(C)[C@@H]23)OC1=O. The van der Waals surface area contributed by atoms with Crippen LogP contribution < -0.4 is 0 Å². The van der Waals surface area contributed by atoms with Gasteiger partial charge in [0, 0.05) is 17.1 Å². The number of rotatable bonds is 2. The van der Waals surface area contributed by atoms with Crippen molar-refractivity contribution in [2.45, 2.75) is 92.5 Å². The summed E-state index contributed by atoms with van der Waals surface area (Å²) >= 11 is 0. The Bertz CT molecular complexity index is 836. The molecule has 4 aliphatic rings. The van der Waals surface area contributed by atoms with Crippen molar-refractivity contribution in [2.75, 3.05) is 0 Å². The van der Waals surface area contributed by atoms with Crippen LogP contribution in [0.25, 0.3) is 0 Å². The first-order valence-electron chi connectivity index (χ1n) is 10.8. The number of ether oxygens (including phenoxy) is 3. The monoisotopic (exact) mass is 402 g/mol. The number of hydrogen-bond acceptors (Lipinski definition) is 5. The molecule has 3 fully saturated rings. The van der Waals surface area contributed by atoms with Gasteiger partial charge in [0.1, 0.15) is 5.60 Å². The molecule has 2 saturated carbocycles. The molecule has 29 heavy (non-hydrogen) atoms. The molecule has 0 spiro atoms. The lowest BCUT2D eigenvalue weighted by atomic mass is 9.38. The maximum atomic E-state index is 13.0. The largest absolute Gasteiger partial charge is 0.458 e. The molecule has 2 heterocycles. The highest BCUT2D eigenvalue weighted by atomic mass is 16.7. The molecule has 4 rings (SSSR count). The Hall–Kier alpha value is -1.78. The summed E-state index contributed by atoms with van der Waals surface area (Å²) in [6, 6.07) is 0. The fourth-order valence-corrected chi connectivity index (χ4v) is 6.79. The molecule has 0 aromatic rings. The van der Waals surface area contributed by atoms with Gasteiger partial charge in [0.2, 0.25) is 0 Å². The third-order valence-corrected chi connectivity index (χ3v) is 9.28. The van der Waals surface area contributed by atoms with Gasteiger partial charge in [0.05, 0.1) is 11.8 Å². The molecule has 1 saturated heterocycles.